The third kappa shape index (κ3) is 8.94. The first-order chi connectivity index (χ1) is 31.0. The van der Waals surface area contributed by atoms with Crippen LogP contribution in [0, 0.1) is 5.41 Å². The van der Waals surface area contributed by atoms with Gasteiger partial charge in [-0.15, -0.1) is 0 Å². The number of nitrogens with two attached hydrogens (primary N) is 1. The number of nitrogens with zero attached hydrogens (tertiary/aromatic N) is 1. The predicted molar refractivity (Wildman–Crippen MR) is 247 cm³/mol. The summed E-state index contributed by atoms with van der Waals surface area (Å²) in [5.74, 6) is 0.964. The van der Waals surface area contributed by atoms with Crippen LogP contribution in [0.5, 0.6) is 23.0 Å². The van der Waals surface area contributed by atoms with Gasteiger partial charge in [-0.2, -0.15) is 0 Å². The number of aliphatic hydroxyl groups is 2. The van der Waals surface area contributed by atoms with Crippen LogP contribution in [0.15, 0.2) is 158 Å². The quantitative estimate of drug-likeness (QED) is 0.0733. The van der Waals surface area contributed by atoms with E-state index in [0.717, 1.165) is 17.5 Å². The van der Waals surface area contributed by atoms with Gasteiger partial charge in [0.15, 0.2) is 0 Å². The van der Waals surface area contributed by atoms with Crippen molar-refractivity contribution in [2.45, 2.75) is 68.2 Å². The van der Waals surface area contributed by atoms with Gasteiger partial charge in [-0.25, -0.2) is 0 Å². The number of rotatable bonds is 18. The molecule has 2 unspecified atom stereocenters. The molecule has 1 aliphatic carbocycles. The Balaban J connectivity index is 1.64. The molecular formula is C54H58N2O8. The first kappa shape index (κ1) is 45.4. The van der Waals surface area contributed by atoms with Crippen LogP contribution in [0.3, 0.4) is 0 Å². The number of primary amides is 1. The molecule has 6 aromatic rings. The van der Waals surface area contributed by atoms with Crippen molar-refractivity contribution in [1.82, 2.24) is 4.90 Å². The third-order valence-electron chi connectivity index (χ3n) is 13.1. The highest BCUT2D eigenvalue weighted by molar-refractivity contribution is 6.05. The van der Waals surface area contributed by atoms with Crippen LogP contribution in [0.2, 0.25) is 0 Å². The van der Waals surface area contributed by atoms with E-state index in [4.69, 9.17) is 24.7 Å². The zero-order valence-corrected chi connectivity index (χ0v) is 37.0. The van der Waals surface area contributed by atoms with Crippen LogP contribution in [-0.2, 0) is 33.6 Å². The molecule has 0 aliphatic heterocycles. The smallest absolute Gasteiger partial charge is 0.239 e. The number of benzene rings is 6. The summed E-state index contributed by atoms with van der Waals surface area (Å²) in [6.45, 7) is 0. The van der Waals surface area contributed by atoms with Crippen LogP contribution >= 0.6 is 0 Å². The zero-order valence-electron chi connectivity index (χ0n) is 37.0. The minimum absolute atomic E-state index is 0.0859. The van der Waals surface area contributed by atoms with Gasteiger partial charge in [0.05, 0.1) is 40.5 Å². The summed E-state index contributed by atoms with van der Waals surface area (Å²) in [6, 6.07) is 45.4. The van der Waals surface area contributed by atoms with Gasteiger partial charge >= 0.3 is 0 Å². The summed E-state index contributed by atoms with van der Waals surface area (Å²) in [7, 11) is 6.29. The molecule has 0 aromatic heterocycles. The lowest BCUT2D eigenvalue weighted by Crippen LogP contribution is -2.67. The van der Waals surface area contributed by atoms with Crippen LogP contribution < -0.4 is 24.7 Å². The molecular weight excluding hydrogens is 805 g/mol. The average molecular weight is 863 g/mol. The molecule has 2 atom stereocenters. The van der Waals surface area contributed by atoms with E-state index in [1.54, 1.807) is 130 Å². The topological polar surface area (TPSA) is 141 Å². The van der Waals surface area contributed by atoms with Gasteiger partial charge < -0.3 is 39.8 Å². The van der Waals surface area contributed by atoms with Gasteiger partial charge in [-0.3, -0.25) is 9.59 Å². The normalized spacial score (nSPS) is 14.7. The highest BCUT2D eigenvalue weighted by atomic mass is 16.5. The highest BCUT2D eigenvalue weighted by Gasteiger charge is 2.58. The lowest BCUT2D eigenvalue weighted by Gasteiger charge is -2.53. The Morgan fingerprint density at radius 1 is 0.516 bits per heavy atom. The Kier molecular flexibility index (Phi) is 14.1. The summed E-state index contributed by atoms with van der Waals surface area (Å²) >= 11 is 0. The van der Waals surface area contributed by atoms with Gasteiger partial charge in [0, 0.05) is 0 Å². The molecule has 0 spiro atoms. The van der Waals surface area contributed by atoms with Crippen LogP contribution in [0.25, 0.3) is 0 Å². The second-order valence-electron chi connectivity index (χ2n) is 16.6. The van der Waals surface area contributed by atoms with Crippen LogP contribution in [0.1, 0.15) is 65.5 Å². The Hall–Kier alpha value is -6.62. The van der Waals surface area contributed by atoms with E-state index in [0.29, 0.717) is 58.1 Å². The van der Waals surface area contributed by atoms with E-state index >= 15 is 4.79 Å². The van der Waals surface area contributed by atoms with E-state index in [1.165, 1.54) is 0 Å². The average Bonchev–Trinajstić information content (AvgIpc) is 3.36. The molecule has 10 nitrogen and oxygen atoms in total. The molecule has 0 heterocycles. The molecule has 1 saturated carbocycles. The minimum Gasteiger partial charge on any atom is -0.497 e. The van der Waals surface area contributed by atoms with Crippen molar-refractivity contribution in [2.24, 2.45) is 11.1 Å². The van der Waals surface area contributed by atoms with Crippen molar-refractivity contribution in [3.05, 3.63) is 191 Å². The lowest BCUT2D eigenvalue weighted by atomic mass is 9.68. The van der Waals surface area contributed by atoms with Crippen LogP contribution in [0.4, 0.5) is 0 Å². The fraction of sp³-hybridized carbons (Fsp3) is 0.296. The molecule has 332 valence electrons. The first-order valence-electron chi connectivity index (χ1n) is 21.7. The van der Waals surface area contributed by atoms with Gasteiger partial charge in [-0.1, -0.05) is 128 Å². The maximum Gasteiger partial charge on any atom is 0.239 e. The van der Waals surface area contributed by atoms with Gasteiger partial charge in [-0.05, 0) is 108 Å². The first-order valence-corrected chi connectivity index (χ1v) is 21.7. The fourth-order valence-electron chi connectivity index (χ4n) is 9.52. The van der Waals surface area contributed by atoms with Gasteiger partial charge in [0.2, 0.25) is 11.8 Å². The van der Waals surface area contributed by atoms with Gasteiger partial charge in [0.1, 0.15) is 39.6 Å². The summed E-state index contributed by atoms with van der Waals surface area (Å²) in [5.41, 5.74) is 4.17. The Bertz CT molecular complexity index is 2190. The SMILES string of the molecule is COc1ccc(C(O)(c2ccc(OC)cc2)C(Cc2ccccc2)N(C(=O)C2(C(N)=O)CCCCC2)C(Cc2ccccc2)C(O)(c2ccc(OC)cc2)c2ccc(OC)cc2)cc1. The van der Waals surface area contributed by atoms with Gasteiger partial charge in [0.25, 0.3) is 0 Å². The number of methoxy groups -OCH3 is 4. The van der Waals surface area contributed by atoms with Crippen molar-refractivity contribution in [1.29, 1.82) is 0 Å². The van der Waals surface area contributed by atoms with Crippen LogP contribution in [-0.4, -0.2) is 67.5 Å². The molecule has 0 bridgehead atoms. The molecule has 0 radical (unpaired) electrons. The van der Waals surface area contributed by atoms with Crippen molar-refractivity contribution < 1.29 is 38.7 Å². The molecule has 0 saturated heterocycles. The Labute approximate surface area is 376 Å². The largest absolute Gasteiger partial charge is 0.497 e. The molecule has 64 heavy (non-hydrogen) atoms. The second kappa shape index (κ2) is 19.8. The van der Waals surface area contributed by atoms with E-state index in [9.17, 15) is 15.0 Å². The van der Waals surface area contributed by atoms with E-state index in [2.05, 4.69) is 0 Å². The Morgan fingerprint density at radius 3 is 1.08 bits per heavy atom. The number of hydrogen-bond acceptors (Lipinski definition) is 8. The maximum atomic E-state index is 16.7. The van der Waals surface area contributed by atoms with E-state index in [-0.39, 0.29) is 25.7 Å². The number of amides is 2. The molecule has 2 amide bonds. The summed E-state index contributed by atoms with van der Waals surface area (Å²) < 4.78 is 22.4. The second-order valence-corrected chi connectivity index (χ2v) is 16.6. The number of carbonyl (C=O) groups is 2. The number of ether oxygens (including phenoxy) is 4. The molecule has 1 aliphatic rings. The molecule has 1 fully saturated rings. The van der Waals surface area contributed by atoms with Crippen molar-refractivity contribution in [3.8, 4) is 23.0 Å². The summed E-state index contributed by atoms with van der Waals surface area (Å²) in [6.07, 6.45) is 2.61. The number of carbonyl (C=O) groups excluding carboxylic acids is 2. The predicted octanol–water partition coefficient (Wildman–Crippen LogP) is 8.38. The zero-order chi connectivity index (χ0) is 45.3. The fourth-order valence-corrected chi connectivity index (χ4v) is 9.52. The van der Waals surface area contributed by atoms with E-state index in [1.807, 2.05) is 60.7 Å². The summed E-state index contributed by atoms with van der Waals surface area (Å²) in [5, 5.41) is 28.6. The maximum absolute atomic E-state index is 16.7. The monoisotopic (exact) mass is 862 g/mol. The molecule has 7 rings (SSSR count). The molecule has 6 aromatic carbocycles. The lowest BCUT2D eigenvalue weighted by molar-refractivity contribution is -0.169. The third-order valence-corrected chi connectivity index (χ3v) is 13.1. The Morgan fingerprint density at radius 2 is 0.812 bits per heavy atom. The van der Waals surface area contributed by atoms with Crippen molar-refractivity contribution in [2.75, 3.05) is 28.4 Å². The minimum atomic E-state index is -2.02. The van der Waals surface area contributed by atoms with Crippen molar-refractivity contribution >= 4 is 11.8 Å². The highest BCUT2D eigenvalue weighted by Crippen LogP contribution is 2.48. The van der Waals surface area contributed by atoms with E-state index < -0.39 is 40.5 Å². The number of hydrogen-bond donors (Lipinski definition) is 3. The summed E-state index contributed by atoms with van der Waals surface area (Å²) in [4.78, 5) is 32.5. The molecule has 10 heteroatoms. The standard InChI is InChI=1S/C54H58N2O8/c1-61-44-26-18-40(19-27-44)53(59,41-20-28-45(62-2)29-21-41)48(36-38-14-8-5-9-15-38)56(51(58)52(50(55)57)34-12-7-13-35-52)49(37-39-16-10-6-11-17-39)54(60,42-22-30-46(63-3)31-23-42)43-24-32-47(64-4)33-25-43/h5-6,8-11,14-33,48-49,59-60H,7,12-13,34-37H2,1-4H3,(H2,55,57). The molecule has 4 N–H and O–H groups in total. The van der Waals surface area contributed by atoms with Crippen molar-refractivity contribution in [3.63, 3.8) is 0 Å².